The van der Waals surface area contributed by atoms with Crippen molar-refractivity contribution >= 4 is 28.9 Å². The van der Waals surface area contributed by atoms with Crippen molar-refractivity contribution in [2.24, 2.45) is 0 Å². The number of aromatic nitrogens is 2. The zero-order valence-electron chi connectivity index (χ0n) is 18.7. The molecular formula is C23H24F3N5O2. The highest BCUT2D eigenvalue weighted by Gasteiger charge is 2.23. The number of methoxy groups -OCH3 is 1. The van der Waals surface area contributed by atoms with Gasteiger partial charge in [0.05, 0.1) is 12.7 Å². The Balaban J connectivity index is 1.75. The van der Waals surface area contributed by atoms with Gasteiger partial charge in [-0.3, -0.25) is 4.79 Å². The molecule has 1 amide bonds. The number of hydrogen-bond donors (Lipinski definition) is 2. The number of halogens is 3. The Labute approximate surface area is 189 Å². The fourth-order valence-corrected chi connectivity index (χ4v) is 3.23. The van der Waals surface area contributed by atoms with Crippen molar-refractivity contribution in [3.8, 4) is 5.75 Å². The molecule has 0 aliphatic carbocycles. The molecule has 0 saturated carbocycles. The zero-order chi connectivity index (χ0) is 24.1. The molecule has 10 heteroatoms. The van der Waals surface area contributed by atoms with E-state index in [1.807, 2.05) is 26.8 Å². The van der Waals surface area contributed by atoms with Crippen LogP contribution < -0.4 is 20.3 Å². The number of aryl methyl sites for hydroxylation is 1. The number of nitrogens with one attached hydrogen (secondary N) is 2. The van der Waals surface area contributed by atoms with Crippen LogP contribution in [0.3, 0.4) is 0 Å². The van der Waals surface area contributed by atoms with E-state index in [-0.39, 0.29) is 0 Å². The van der Waals surface area contributed by atoms with E-state index in [1.165, 1.54) is 0 Å². The molecule has 0 aliphatic heterocycles. The van der Waals surface area contributed by atoms with Crippen molar-refractivity contribution in [1.29, 1.82) is 0 Å². The minimum Gasteiger partial charge on any atom is -0.491 e. The summed E-state index contributed by atoms with van der Waals surface area (Å²) in [5.41, 5.74) is 0.349. The van der Waals surface area contributed by atoms with Crippen LogP contribution in [0.2, 0.25) is 0 Å². The predicted octanol–water partition coefficient (Wildman–Crippen LogP) is 5.05. The van der Waals surface area contributed by atoms with Gasteiger partial charge in [0.2, 0.25) is 5.82 Å². The summed E-state index contributed by atoms with van der Waals surface area (Å²) >= 11 is 0. The van der Waals surface area contributed by atoms with Crippen LogP contribution in [-0.2, 0) is 0 Å². The van der Waals surface area contributed by atoms with Crippen molar-refractivity contribution in [2.45, 2.75) is 20.8 Å². The molecule has 2 N–H and O–H groups in total. The highest BCUT2D eigenvalue weighted by atomic mass is 19.2. The number of amides is 1. The number of rotatable bonds is 8. The van der Waals surface area contributed by atoms with E-state index < -0.39 is 34.7 Å². The number of anilines is 4. The van der Waals surface area contributed by atoms with Crippen LogP contribution in [-0.4, -0.2) is 36.1 Å². The standard InChI is InChI=1S/C23H24F3N5O2/c1-5-31(6-2)19-12-18(27-13(3)28-19)29-14-7-9-15(10-8-14)30-23(32)16-11-17(24)21(26)22(33-4)20(16)25/h7-12H,5-6H2,1-4H3,(H,30,32)(H,27,28,29). The minimum atomic E-state index is -1.49. The van der Waals surface area contributed by atoms with E-state index in [0.717, 1.165) is 26.0 Å². The summed E-state index contributed by atoms with van der Waals surface area (Å²) in [4.78, 5) is 23.4. The average Bonchev–Trinajstić information content (AvgIpc) is 2.78. The zero-order valence-corrected chi connectivity index (χ0v) is 18.7. The SMILES string of the molecule is CCN(CC)c1cc(Nc2ccc(NC(=O)c3cc(F)c(F)c(OC)c3F)cc2)nc(C)n1. The lowest BCUT2D eigenvalue weighted by atomic mass is 10.1. The lowest BCUT2D eigenvalue weighted by Gasteiger charge is -2.20. The molecule has 0 saturated heterocycles. The highest BCUT2D eigenvalue weighted by Crippen LogP contribution is 2.28. The molecule has 3 aromatic rings. The topological polar surface area (TPSA) is 79.4 Å². The molecular weight excluding hydrogens is 435 g/mol. The quantitative estimate of drug-likeness (QED) is 0.459. The average molecular weight is 459 g/mol. The van der Waals surface area contributed by atoms with Crippen LogP contribution in [0.5, 0.6) is 5.75 Å². The lowest BCUT2D eigenvalue weighted by Crippen LogP contribution is -2.23. The highest BCUT2D eigenvalue weighted by molar-refractivity contribution is 6.04. The largest absolute Gasteiger partial charge is 0.491 e. The monoisotopic (exact) mass is 459 g/mol. The maximum Gasteiger partial charge on any atom is 0.258 e. The Morgan fingerprint density at radius 1 is 1.00 bits per heavy atom. The van der Waals surface area contributed by atoms with E-state index in [1.54, 1.807) is 24.3 Å². The smallest absolute Gasteiger partial charge is 0.258 e. The molecule has 0 aliphatic rings. The summed E-state index contributed by atoms with van der Waals surface area (Å²) in [6, 6.07) is 8.86. The third-order valence-electron chi connectivity index (χ3n) is 4.89. The van der Waals surface area contributed by atoms with Gasteiger partial charge in [0.1, 0.15) is 17.5 Å². The van der Waals surface area contributed by atoms with Gasteiger partial charge in [-0.15, -0.1) is 0 Å². The summed E-state index contributed by atoms with van der Waals surface area (Å²) in [6.07, 6.45) is 0. The number of benzene rings is 2. The molecule has 0 atom stereocenters. The molecule has 0 unspecified atom stereocenters. The summed E-state index contributed by atoms with van der Waals surface area (Å²) < 4.78 is 46.1. The van der Waals surface area contributed by atoms with Crippen LogP contribution >= 0.6 is 0 Å². The lowest BCUT2D eigenvalue weighted by molar-refractivity contribution is 0.102. The molecule has 7 nitrogen and oxygen atoms in total. The molecule has 174 valence electrons. The minimum absolute atomic E-state index is 0.330. The third kappa shape index (κ3) is 5.33. The van der Waals surface area contributed by atoms with Gasteiger partial charge in [0, 0.05) is 30.5 Å². The molecule has 1 aromatic heterocycles. The first kappa shape index (κ1) is 23.8. The van der Waals surface area contributed by atoms with Gasteiger partial charge in [-0.05, 0) is 51.1 Å². The van der Waals surface area contributed by atoms with Crippen LogP contribution in [0.15, 0.2) is 36.4 Å². The Morgan fingerprint density at radius 2 is 1.64 bits per heavy atom. The molecule has 3 rings (SSSR count). The number of carbonyl (C=O) groups excluding carboxylic acids is 1. The van der Waals surface area contributed by atoms with Crippen molar-refractivity contribution in [3.05, 3.63) is 65.2 Å². The van der Waals surface area contributed by atoms with E-state index in [2.05, 4.69) is 30.2 Å². The van der Waals surface area contributed by atoms with Gasteiger partial charge < -0.3 is 20.3 Å². The van der Waals surface area contributed by atoms with E-state index in [9.17, 15) is 18.0 Å². The van der Waals surface area contributed by atoms with Crippen molar-refractivity contribution in [1.82, 2.24) is 9.97 Å². The second-order valence-electron chi connectivity index (χ2n) is 7.05. The third-order valence-corrected chi connectivity index (χ3v) is 4.89. The van der Waals surface area contributed by atoms with Crippen LogP contribution in [0.1, 0.15) is 30.0 Å². The predicted molar refractivity (Wildman–Crippen MR) is 121 cm³/mol. The van der Waals surface area contributed by atoms with E-state index >= 15 is 0 Å². The molecule has 0 radical (unpaired) electrons. The van der Waals surface area contributed by atoms with Gasteiger partial charge in [0.25, 0.3) is 5.91 Å². The normalized spacial score (nSPS) is 10.6. The van der Waals surface area contributed by atoms with E-state index in [0.29, 0.717) is 29.1 Å². The Hall–Kier alpha value is -3.82. The van der Waals surface area contributed by atoms with Gasteiger partial charge in [-0.1, -0.05) is 0 Å². The summed E-state index contributed by atoms with van der Waals surface area (Å²) in [6.45, 7) is 7.52. The van der Waals surface area contributed by atoms with Gasteiger partial charge in [0.15, 0.2) is 17.4 Å². The van der Waals surface area contributed by atoms with Gasteiger partial charge >= 0.3 is 0 Å². The molecule has 0 fully saturated rings. The summed E-state index contributed by atoms with van der Waals surface area (Å²) in [7, 11) is 0.985. The molecule has 1 heterocycles. The first-order valence-corrected chi connectivity index (χ1v) is 10.3. The first-order valence-electron chi connectivity index (χ1n) is 10.3. The summed E-state index contributed by atoms with van der Waals surface area (Å²) in [5, 5.41) is 5.63. The first-order chi connectivity index (χ1) is 15.8. The van der Waals surface area contributed by atoms with Gasteiger partial charge in [-0.25, -0.2) is 18.7 Å². The van der Waals surface area contributed by atoms with Crippen molar-refractivity contribution in [3.63, 3.8) is 0 Å². The second kappa shape index (κ2) is 10.2. The number of carbonyl (C=O) groups is 1. The van der Waals surface area contributed by atoms with Crippen LogP contribution in [0, 0.1) is 24.4 Å². The van der Waals surface area contributed by atoms with E-state index in [4.69, 9.17) is 0 Å². The molecule has 33 heavy (non-hydrogen) atoms. The number of ether oxygens (including phenoxy) is 1. The summed E-state index contributed by atoms with van der Waals surface area (Å²) in [5.74, 6) is -4.03. The van der Waals surface area contributed by atoms with Crippen LogP contribution in [0.25, 0.3) is 0 Å². The number of hydrogen-bond acceptors (Lipinski definition) is 6. The molecule has 0 bridgehead atoms. The Morgan fingerprint density at radius 3 is 2.24 bits per heavy atom. The second-order valence-corrected chi connectivity index (χ2v) is 7.05. The maximum atomic E-state index is 14.3. The number of nitrogens with zero attached hydrogens (tertiary/aromatic N) is 3. The van der Waals surface area contributed by atoms with Crippen molar-refractivity contribution < 1.29 is 22.7 Å². The maximum absolute atomic E-state index is 14.3. The Bertz CT molecular complexity index is 1150. The van der Waals surface area contributed by atoms with Crippen molar-refractivity contribution in [2.75, 3.05) is 35.7 Å². The fourth-order valence-electron chi connectivity index (χ4n) is 3.23. The molecule has 0 spiro atoms. The van der Waals surface area contributed by atoms with Gasteiger partial charge in [-0.2, -0.15) is 4.39 Å². The Kier molecular flexibility index (Phi) is 7.37. The fraction of sp³-hybridized carbons (Fsp3) is 0.261. The molecule has 2 aromatic carbocycles. The van der Waals surface area contributed by atoms with Crippen LogP contribution in [0.4, 0.5) is 36.2 Å².